The van der Waals surface area contributed by atoms with Gasteiger partial charge >= 0.3 is 5.97 Å². The van der Waals surface area contributed by atoms with Crippen molar-refractivity contribution in [3.63, 3.8) is 0 Å². The quantitative estimate of drug-likeness (QED) is 0.766. The molecule has 76 valence electrons. The third-order valence-corrected chi connectivity index (χ3v) is 2.66. The fourth-order valence-electron chi connectivity index (χ4n) is 1.27. The molecule has 0 aliphatic carbocycles. The Morgan fingerprint density at radius 2 is 1.93 bits per heavy atom. The van der Waals surface area contributed by atoms with Crippen LogP contribution in [-0.4, -0.2) is 16.6 Å². The van der Waals surface area contributed by atoms with Gasteiger partial charge in [0, 0.05) is 5.92 Å². The molecule has 1 aromatic carbocycles. The van der Waals surface area contributed by atoms with Crippen molar-refractivity contribution >= 4 is 5.97 Å². The normalized spacial score (nSPS) is 17.1. The fourth-order valence-corrected chi connectivity index (χ4v) is 1.27. The molecule has 3 N–H and O–H groups in total. The van der Waals surface area contributed by atoms with Gasteiger partial charge in [-0.3, -0.25) is 4.79 Å². The van der Waals surface area contributed by atoms with Gasteiger partial charge in [-0.25, -0.2) is 0 Å². The zero-order valence-corrected chi connectivity index (χ0v) is 8.40. The Hall–Kier alpha value is -1.35. The van der Waals surface area contributed by atoms with Gasteiger partial charge in [0.25, 0.3) is 0 Å². The maximum atomic E-state index is 10.9. The van der Waals surface area contributed by atoms with Crippen LogP contribution < -0.4 is 5.73 Å². The van der Waals surface area contributed by atoms with Gasteiger partial charge < -0.3 is 10.8 Å². The van der Waals surface area contributed by atoms with Crippen molar-refractivity contribution in [2.75, 3.05) is 0 Å². The molecule has 0 aromatic heterocycles. The summed E-state index contributed by atoms with van der Waals surface area (Å²) in [5.74, 6) is -1.19. The van der Waals surface area contributed by atoms with Gasteiger partial charge in [0.15, 0.2) is 0 Å². The molecule has 0 aliphatic heterocycles. The highest BCUT2D eigenvalue weighted by molar-refractivity contribution is 5.79. The van der Waals surface area contributed by atoms with Crippen molar-refractivity contribution in [2.45, 2.75) is 25.3 Å². The SMILES string of the molecule is C[C@H](c1ccccc1)[C@](C)(N)C(=O)O. The molecule has 0 aliphatic rings. The van der Waals surface area contributed by atoms with Crippen LogP contribution >= 0.6 is 0 Å². The standard InChI is InChI=1S/C11H15NO2/c1-8(11(2,12)10(13)14)9-6-4-3-5-7-9/h3-8H,12H2,1-2H3,(H,13,14)/t8-,11+/m1/s1. The van der Waals surface area contributed by atoms with E-state index in [-0.39, 0.29) is 5.92 Å². The maximum absolute atomic E-state index is 10.9. The van der Waals surface area contributed by atoms with E-state index in [0.717, 1.165) is 5.56 Å². The Morgan fingerprint density at radius 1 is 1.43 bits per heavy atom. The number of rotatable bonds is 3. The van der Waals surface area contributed by atoms with Gasteiger partial charge in [-0.15, -0.1) is 0 Å². The Kier molecular flexibility index (Phi) is 2.91. The minimum Gasteiger partial charge on any atom is -0.480 e. The lowest BCUT2D eigenvalue weighted by atomic mass is 9.83. The first-order valence-corrected chi connectivity index (χ1v) is 4.53. The molecule has 0 bridgehead atoms. The highest BCUT2D eigenvalue weighted by Crippen LogP contribution is 2.25. The van der Waals surface area contributed by atoms with Crippen LogP contribution in [0.1, 0.15) is 25.3 Å². The van der Waals surface area contributed by atoms with E-state index in [1.165, 1.54) is 6.92 Å². The Labute approximate surface area is 83.6 Å². The van der Waals surface area contributed by atoms with E-state index in [4.69, 9.17) is 10.8 Å². The number of carboxylic acid groups (broad SMARTS) is 1. The second-order valence-electron chi connectivity index (χ2n) is 3.72. The first-order valence-electron chi connectivity index (χ1n) is 4.53. The first-order chi connectivity index (χ1) is 6.46. The number of carbonyl (C=O) groups is 1. The second kappa shape index (κ2) is 3.80. The minimum absolute atomic E-state index is 0.207. The molecule has 0 saturated carbocycles. The van der Waals surface area contributed by atoms with Crippen molar-refractivity contribution in [2.24, 2.45) is 5.73 Å². The lowest BCUT2D eigenvalue weighted by Crippen LogP contribution is -2.49. The van der Waals surface area contributed by atoms with Crippen LogP contribution in [0.2, 0.25) is 0 Å². The topological polar surface area (TPSA) is 63.3 Å². The summed E-state index contributed by atoms with van der Waals surface area (Å²) in [5.41, 5.74) is 5.46. The van der Waals surface area contributed by atoms with Crippen LogP contribution in [0.3, 0.4) is 0 Å². The number of benzene rings is 1. The molecule has 1 rings (SSSR count). The predicted molar refractivity (Wildman–Crippen MR) is 55.1 cm³/mol. The van der Waals surface area contributed by atoms with Crippen molar-refractivity contribution in [1.82, 2.24) is 0 Å². The number of carboxylic acids is 1. The molecule has 0 fully saturated rings. The van der Waals surface area contributed by atoms with Gasteiger partial charge in [0.1, 0.15) is 5.54 Å². The fraction of sp³-hybridized carbons (Fsp3) is 0.364. The zero-order chi connectivity index (χ0) is 10.8. The van der Waals surface area contributed by atoms with E-state index >= 15 is 0 Å². The Morgan fingerprint density at radius 3 is 2.36 bits per heavy atom. The average Bonchev–Trinajstić information content (AvgIpc) is 2.17. The van der Waals surface area contributed by atoms with Crippen molar-refractivity contribution in [3.05, 3.63) is 35.9 Å². The molecule has 0 radical (unpaired) electrons. The number of nitrogens with two attached hydrogens (primary N) is 1. The molecule has 2 atom stereocenters. The van der Waals surface area contributed by atoms with Crippen molar-refractivity contribution in [1.29, 1.82) is 0 Å². The molecule has 3 heteroatoms. The summed E-state index contributed by atoms with van der Waals surface area (Å²) in [6, 6.07) is 9.43. The van der Waals surface area contributed by atoms with Crippen molar-refractivity contribution < 1.29 is 9.90 Å². The minimum atomic E-state index is -1.22. The van der Waals surface area contributed by atoms with Gasteiger partial charge in [-0.2, -0.15) is 0 Å². The largest absolute Gasteiger partial charge is 0.480 e. The molecule has 1 aromatic rings. The molecule has 0 unspecified atom stereocenters. The molecule has 0 saturated heterocycles. The van der Waals surface area contributed by atoms with Gasteiger partial charge in [0.05, 0.1) is 0 Å². The molecular weight excluding hydrogens is 178 g/mol. The summed E-state index contributed by atoms with van der Waals surface area (Å²) in [7, 11) is 0. The summed E-state index contributed by atoms with van der Waals surface area (Å²) >= 11 is 0. The predicted octanol–water partition coefficient (Wildman–Crippen LogP) is 1.59. The number of hydrogen-bond donors (Lipinski definition) is 2. The van der Waals surface area contributed by atoms with E-state index in [9.17, 15) is 4.79 Å². The first kappa shape index (κ1) is 10.7. The van der Waals surface area contributed by atoms with E-state index < -0.39 is 11.5 Å². The van der Waals surface area contributed by atoms with E-state index in [1.54, 1.807) is 0 Å². The van der Waals surface area contributed by atoms with Gasteiger partial charge in [0.2, 0.25) is 0 Å². The molecule has 0 heterocycles. The van der Waals surface area contributed by atoms with Crippen LogP contribution in [0.25, 0.3) is 0 Å². The van der Waals surface area contributed by atoms with Crippen LogP contribution in [0.5, 0.6) is 0 Å². The summed E-state index contributed by atoms with van der Waals surface area (Å²) in [5, 5.41) is 8.95. The van der Waals surface area contributed by atoms with Crippen LogP contribution in [-0.2, 0) is 4.79 Å². The highest BCUT2D eigenvalue weighted by atomic mass is 16.4. The van der Waals surface area contributed by atoms with Crippen LogP contribution in [0, 0.1) is 0 Å². The van der Waals surface area contributed by atoms with E-state index in [0.29, 0.717) is 0 Å². The molecular formula is C11H15NO2. The lowest BCUT2D eigenvalue weighted by molar-refractivity contribution is -0.143. The smallest absolute Gasteiger partial charge is 0.324 e. The third kappa shape index (κ3) is 1.93. The molecule has 0 amide bonds. The van der Waals surface area contributed by atoms with Gasteiger partial charge in [-0.05, 0) is 12.5 Å². The maximum Gasteiger partial charge on any atom is 0.324 e. The number of hydrogen-bond acceptors (Lipinski definition) is 2. The lowest BCUT2D eigenvalue weighted by Gasteiger charge is -2.27. The average molecular weight is 193 g/mol. The van der Waals surface area contributed by atoms with E-state index in [1.807, 2.05) is 37.3 Å². The summed E-state index contributed by atoms with van der Waals surface area (Å²) in [4.78, 5) is 10.9. The number of aliphatic carboxylic acids is 1. The second-order valence-corrected chi connectivity index (χ2v) is 3.72. The van der Waals surface area contributed by atoms with Crippen LogP contribution in [0.15, 0.2) is 30.3 Å². The van der Waals surface area contributed by atoms with Crippen molar-refractivity contribution in [3.8, 4) is 0 Å². The molecule has 0 spiro atoms. The Balaban J connectivity index is 2.96. The third-order valence-electron chi connectivity index (χ3n) is 2.66. The summed E-state index contributed by atoms with van der Waals surface area (Å²) in [6.45, 7) is 3.36. The highest BCUT2D eigenvalue weighted by Gasteiger charge is 2.35. The molecule has 14 heavy (non-hydrogen) atoms. The van der Waals surface area contributed by atoms with E-state index in [2.05, 4.69) is 0 Å². The van der Waals surface area contributed by atoms with Gasteiger partial charge in [-0.1, -0.05) is 37.3 Å². The summed E-state index contributed by atoms with van der Waals surface area (Å²) < 4.78 is 0. The Bertz CT molecular complexity index is 319. The zero-order valence-electron chi connectivity index (χ0n) is 8.40. The monoisotopic (exact) mass is 193 g/mol. The molecule has 3 nitrogen and oxygen atoms in total. The van der Waals surface area contributed by atoms with Crippen LogP contribution in [0.4, 0.5) is 0 Å². The summed E-state index contributed by atoms with van der Waals surface area (Å²) in [6.07, 6.45) is 0.